The molecule has 0 saturated heterocycles. The molecule has 112 valence electrons. The van der Waals surface area contributed by atoms with Crippen LogP contribution in [0.25, 0.3) is 11.0 Å². The predicted molar refractivity (Wildman–Crippen MR) is 73.1 cm³/mol. The average Bonchev–Trinajstić information content (AvgIpc) is 2.55. The van der Waals surface area contributed by atoms with E-state index in [-0.39, 0.29) is 12.1 Å². The van der Waals surface area contributed by atoms with Crippen LogP contribution in [0, 0.1) is 23.3 Å². The average molecular weight is 307 g/mol. The number of halogens is 4. The van der Waals surface area contributed by atoms with E-state index in [0.717, 1.165) is 0 Å². The summed E-state index contributed by atoms with van der Waals surface area (Å²) in [5.41, 5.74) is 0.953. The Bertz CT molecular complexity index is 852. The number of hydrogen-bond donors (Lipinski definition) is 1. The molecule has 0 bridgehead atoms. The van der Waals surface area contributed by atoms with Crippen LogP contribution < -0.4 is 5.32 Å². The van der Waals surface area contributed by atoms with Gasteiger partial charge in [0, 0.05) is 12.1 Å². The van der Waals surface area contributed by atoms with E-state index in [0.29, 0.717) is 22.9 Å². The summed E-state index contributed by atoms with van der Waals surface area (Å²) in [6.45, 7) is -0.257. The lowest BCUT2D eigenvalue weighted by Crippen LogP contribution is -2.08. The Morgan fingerprint density at radius 1 is 0.909 bits per heavy atom. The molecule has 0 spiro atoms. The summed E-state index contributed by atoms with van der Waals surface area (Å²) >= 11 is 0. The van der Waals surface area contributed by atoms with Gasteiger partial charge < -0.3 is 5.32 Å². The van der Waals surface area contributed by atoms with Gasteiger partial charge in [0.2, 0.25) is 0 Å². The summed E-state index contributed by atoms with van der Waals surface area (Å²) in [4.78, 5) is 8.36. The molecule has 0 aliphatic heterocycles. The second-order valence-corrected chi connectivity index (χ2v) is 4.56. The number of benzene rings is 2. The maximum absolute atomic E-state index is 13.5. The third-order valence-corrected chi connectivity index (χ3v) is 3.09. The minimum atomic E-state index is -1.83. The second-order valence-electron chi connectivity index (χ2n) is 4.56. The van der Waals surface area contributed by atoms with Crippen LogP contribution in [0.4, 0.5) is 23.4 Å². The van der Waals surface area contributed by atoms with Crippen molar-refractivity contribution in [3.63, 3.8) is 0 Å². The molecule has 22 heavy (non-hydrogen) atoms. The Morgan fingerprint density at radius 2 is 1.64 bits per heavy atom. The van der Waals surface area contributed by atoms with Crippen molar-refractivity contribution in [2.75, 3.05) is 5.32 Å². The highest BCUT2D eigenvalue weighted by Gasteiger charge is 2.18. The lowest BCUT2D eigenvalue weighted by atomic mass is 10.2. The first-order valence-corrected chi connectivity index (χ1v) is 6.34. The summed E-state index contributed by atoms with van der Waals surface area (Å²) < 4.78 is 52.7. The minimum Gasteiger partial charge on any atom is -0.365 e. The van der Waals surface area contributed by atoms with E-state index in [1.165, 1.54) is 6.20 Å². The van der Waals surface area contributed by atoms with E-state index in [9.17, 15) is 17.6 Å². The van der Waals surface area contributed by atoms with Crippen LogP contribution in [-0.2, 0) is 6.54 Å². The number of anilines is 1. The maximum Gasteiger partial charge on any atom is 0.197 e. The van der Waals surface area contributed by atoms with Crippen LogP contribution in [0.3, 0.4) is 0 Å². The molecule has 0 unspecified atom stereocenters. The molecule has 1 heterocycles. The molecule has 0 fully saturated rings. The number of rotatable bonds is 3. The Labute approximate surface area is 122 Å². The van der Waals surface area contributed by atoms with Gasteiger partial charge in [0.1, 0.15) is 5.82 Å². The van der Waals surface area contributed by atoms with Gasteiger partial charge in [-0.15, -0.1) is 0 Å². The summed E-state index contributed by atoms with van der Waals surface area (Å²) in [6, 6.07) is 7.71. The molecule has 0 atom stereocenters. The fourth-order valence-electron chi connectivity index (χ4n) is 1.98. The molecule has 1 aromatic heterocycles. The van der Waals surface area contributed by atoms with Crippen molar-refractivity contribution in [3.8, 4) is 0 Å². The van der Waals surface area contributed by atoms with E-state index in [1.54, 1.807) is 18.2 Å². The first kappa shape index (κ1) is 14.2. The quantitative estimate of drug-likeness (QED) is 0.454. The van der Waals surface area contributed by atoms with Gasteiger partial charge in [-0.05, 0) is 18.2 Å². The fraction of sp³-hybridized carbons (Fsp3) is 0.0667. The standard InChI is InChI=1S/C15H9F4N3/c16-9-5-8(13(17)15(19)14(9)18)6-21-12-7-20-10-3-1-2-4-11(10)22-12/h1-5,7H,6H2,(H,21,22). The van der Waals surface area contributed by atoms with E-state index >= 15 is 0 Å². The second kappa shape index (κ2) is 5.59. The topological polar surface area (TPSA) is 37.8 Å². The third-order valence-electron chi connectivity index (χ3n) is 3.09. The summed E-state index contributed by atoms with van der Waals surface area (Å²) in [5, 5.41) is 2.70. The van der Waals surface area contributed by atoms with Crippen molar-refractivity contribution in [1.82, 2.24) is 9.97 Å². The Hall–Kier alpha value is -2.70. The zero-order chi connectivity index (χ0) is 15.7. The van der Waals surface area contributed by atoms with Crippen molar-refractivity contribution >= 4 is 16.9 Å². The molecule has 0 saturated carbocycles. The smallest absolute Gasteiger partial charge is 0.197 e. The summed E-state index contributed by atoms with van der Waals surface area (Å²) in [5.74, 6) is -6.23. The molecular weight excluding hydrogens is 298 g/mol. The van der Waals surface area contributed by atoms with Gasteiger partial charge in [-0.3, -0.25) is 4.98 Å². The number of hydrogen-bond acceptors (Lipinski definition) is 3. The van der Waals surface area contributed by atoms with Crippen molar-refractivity contribution in [3.05, 3.63) is 65.4 Å². The van der Waals surface area contributed by atoms with Crippen molar-refractivity contribution in [2.24, 2.45) is 0 Å². The molecule has 0 radical (unpaired) electrons. The lowest BCUT2D eigenvalue weighted by molar-refractivity contribution is 0.404. The highest BCUT2D eigenvalue weighted by Crippen LogP contribution is 2.20. The van der Waals surface area contributed by atoms with Crippen molar-refractivity contribution in [1.29, 1.82) is 0 Å². The number of para-hydroxylation sites is 2. The van der Waals surface area contributed by atoms with Crippen LogP contribution in [-0.4, -0.2) is 9.97 Å². The number of aromatic nitrogens is 2. The molecule has 3 aromatic rings. The largest absolute Gasteiger partial charge is 0.365 e. The molecule has 0 amide bonds. The first-order chi connectivity index (χ1) is 10.6. The monoisotopic (exact) mass is 307 g/mol. The van der Waals surface area contributed by atoms with Gasteiger partial charge in [0.15, 0.2) is 23.3 Å². The lowest BCUT2D eigenvalue weighted by Gasteiger charge is -2.08. The number of nitrogens with one attached hydrogen (secondary N) is 1. The van der Waals surface area contributed by atoms with Gasteiger partial charge in [-0.25, -0.2) is 22.5 Å². The van der Waals surface area contributed by atoms with Crippen LogP contribution >= 0.6 is 0 Å². The molecule has 0 aliphatic rings. The molecule has 3 rings (SSSR count). The Morgan fingerprint density at radius 3 is 2.41 bits per heavy atom. The molecule has 2 aromatic carbocycles. The minimum absolute atomic E-state index is 0.257. The molecule has 7 heteroatoms. The molecular formula is C15H9F4N3. The van der Waals surface area contributed by atoms with Crippen LogP contribution in [0.5, 0.6) is 0 Å². The van der Waals surface area contributed by atoms with E-state index < -0.39 is 23.3 Å². The highest BCUT2D eigenvalue weighted by atomic mass is 19.2. The first-order valence-electron chi connectivity index (χ1n) is 6.34. The Kier molecular flexibility index (Phi) is 3.62. The molecule has 0 aliphatic carbocycles. The third kappa shape index (κ3) is 2.57. The van der Waals surface area contributed by atoms with E-state index in [2.05, 4.69) is 15.3 Å². The fourth-order valence-corrected chi connectivity index (χ4v) is 1.98. The predicted octanol–water partition coefficient (Wildman–Crippen LogP) is 3.80. The van der Waals surface area contributed by atoms with Gasteiger partial charge in [0.05, 0.1) is 17.2 Å². The van der Waals surface area contributed by atoms with Crippen LogP contribution in [0.2, 0.25) is 0 Å². The van der Waals surface area contributed by atoms with Gasteiger partial charge in [-0.2, -0.15) is 0 Å². The van der Waals surface area contributed by atoms with Crippen LogP contribution in [0.15, 0.2) is 36.5 Å². The van der Waals surface area contributed by atoms with E-state index in [4.69, 9.17) is 0 Å². The van der Waals surface area contributed by atoms with Gasteiger partial charge >= 0.3 is 0 Å². The van der Waals surface area contributed by atoms with Crippen LogP contribution in [0.1, 0.15) is 5.56 Å². The number of nitrogens with zero attached hydrogens (tertiary/aromatic N) is 2. The SMILES string of the molecule is Fc1cc(CNc2cnc3ccccc3n2)c(F)c(F)c1F. The maximum atomic E-state index is 13.5. The summed E-state index contributed by atoms with van der Waals surface area (Å²) in [6.07, 6.45) is 1.41. The Balaban J connectivity index is 1.85. The van der Waals surface area contributed by atoms with E-state index in [1.807, 2.05) is 6.07 Å². The van der Waals surface area contributed by atoms with Gasteiger partial charge in [0.25, 0.3) is 0 Å². The summed E-state index contributed by atoms with van der Waals surface area (Å²) in [7, 11) is 0. The zero-order valence-electron chi connectivity index (χ0n) is 11.1. The molecule has 3 nitrogen and oxygen atoms in total. The number of fused-ring (bicyclic) bond motifs is 1. The molecule has 1 N–H and O–H groups in total. The van der Waals surface area contributed by atoms with Crippen molar-refractivity contribution in [2.45, 2.75) is 6.54 Å². The van der Waals surface area contributed by atoms with Crippen molar-refractivity contribution < 1.29 is 17.6 Å². The van der Waals surface area contributed by atoms with Gasteiger partial charge in [-0.1, -0.05) is 12.1 Å². The normalized spacial score (nSPS) is 10.9. The zero-order valence-corrected chi connectivity index (χ0v) is 11.1. The highest BCUT2D eigenvalue weighted by molar-refractivity contribution is 5.75.